The SMILES string of the molecule is CCc1ccccc1NC(=O)CN1CCN(CC(=O)Nc2cc([N+](=O)[O-])ccc2C)CC1. The van der Waals surface area contributed by atoms with Gasteiger partial charge in [-0.15, -0.1) is 0 Å². The number of hydrogen-bond acceptors (Lipinski definition) is 6. The number of carbonyl (C=O) groups excluding carboxylic acids is 2. The Morgan fingerprint density at radius 3 is 2.06 bits per heavy atom. The summed E-state index contributed by atoms with van der Waals surface area (Å²) in [6, 6.07) is 12.2. The molecule has 9 nitrogen and oxygen atoms in total. The lowest BCUT2D eigenvalue weighted by molar-refractivity contribution is -0.384. The molecule has 1 fully saturated rings. The van der Waals surface area contributed by atoms with Gasteiger partial charge in [0.15, 0.2) is 0 Å². The van der Waals surface area contributed by atoms with E-state index in [9.17, 15) is 19.7 Å². The zero-order chi connectivity index (χ0) is 23.1. The number of carbonyl (C=O) groups is 2. The second kappa shape index (κ2) is 10.8. The summed E-state index contributed by atoms with van der Waals surface area (Å²) in [6.45, 7) is 7.07. The summed E-state index contributed by atoms with van der Waals surface area (Å²) in [5.74, 6) is -0.255. The largest absolute Gasteiger partial charge is 0.325 e. The predicted octanol–water partition coefficient (Wildman–Crippen LogP) is 2.66. The third-order valence-electron chi connectivity index (χ3n) is 5.58. The normalized spacial score (nSPS) is 14.7. The first-order valence-electron chi connectivity index (χ1n) is 10.7. The van der Waals surface area contributed by atoms with E-state index in [4.69, 9.17) is 0 Å². The zero-order valence-electron chi connectivity index (χ0n) is 18.5. The molecular formula is C23H29N5O4. The van der Waals surface area contributed by atoms with E-state index in [-0.39, 0.29) is 24.0 Å². The number of para-hydroxylation sites is 1. The number of nitrogens with zero attached hydrogens (tertiary/aromatic N) is 3. The van der Waals surface area contributed by atoms with Gasteiger partial charge in [0.1, 0.15) is 0 Å². The van der Waals surface area contributed by atoms with Crippen molar-refractivity contribution in [2.45, 2.75) is 20.3 Å². The highest BCUT2D eigenvalue weighted by Crippen LogP contribution is 2.22. The van der Waals surface area contributed by atoms with Crippen molar-refractivity contribution in [2.24, 2.45) is 0 Å². The van der Waals surface area contributed by atoms with Gasteiger partial charge in [0.25, 0.3) is 5.69 Å². The summed E-state index contributed by atoms with van der Waals surface area (Å²) in [6.07, 6.45) is 0.854. The van der Waals surface area contributed by atoms with Gasteiger partial charge in [0.2, 0.25) is 11.8 Å². The number of aryl methyl sites for hydroxylation is 2. The number of anilines is 2. The molecule has 1 saturated heterocycles. The molecule has 0 aromatic heterocycles. The van der Waals surface area contributed by atoms with Crippen molar-refractivity contribution < 1.29 is 14.5 Å². The second-order valence-electron chi connectivity index (χ2n) is 7.92. The van der Waals surface area contributed by atoms with Crippen LogP contribution in [0.3, 0.4) is 0 Å². The van der Waals surface area contributed by atoms with E-state index in [1.54, 1.807) is 13.0 Å². The molecule has 0 bridgehead atoms. The lowest BCUT2D eigenvalue weighted by Crippen LogP contribution is -2.50. The van der Waals surface area contributed by atoms with Gasteiger partial charge >= 0.3 is 0 Å². The molecule has 1 heterocycles. The molecule has 0 saturated carbocycles. The number of amides is 2. The lowest BCUT2D eigenvalue weighted by atomic mass is 10.1. The van der Waals surface area contributed by atoms with Crippen LogP contribution in [0.15, 0.2) is 42.5 Å². The van der Waals surface area contributed by atoms with Crippen molar-refractivity contribution in [2.75, 3.05) is 49.9 Å². The number of nitrogens with one attached hydrogen (secondary N) is 2. The monoisotopic (exact) mass is 439 g/mol. The Bertz CT molecular complexity index is 986. The second-order valence-corrected chi connectivity index (χ2v) is 7.92. The van der Waals surface area contributed by atoms with Gasteiger partial charge < -0.3 is 10.6 Å². The van der Waals surface area contributed by atoms with Crippen LogP contribution >= 0.6 is 0 Å². The van der Waals surface area contributed by atoms with Crippen molar-refractivity contribution in [3.05, 3.63) is 63.7 Å². The minimum absolute atomic E-state index is 0.0433. The summed E-state index contributed by atoms with van der Waals surface area (Å²) in [5.41, 5.74) is 3.12. The Hall–Kier alpha value is -3.30. The number of rotatable bonds is 8. The molecule has 0 radical (unpaired) electrons. The first kappa shape index (κ1) is 23.4. The minimum atomic E-state index is -0.481. The standard InChI is InChI=1S/C23H29N5O4/c1-3-18-6-4-5-7-20(18)24-22(29)15-26-10-12-27(13-11-26)16-23(30)25-21-14-19(28(31)32)9-8-17(21)2/h4-9,14H,3,10-13,15-16H2,1-2H3,(H,24,29)(H,25,30). The molecule has 1 aliphatic heterocycles. The summed E-state index contributed by atoms with van der Waals surface area (Å²) in [7, 11) is 0. The van der Waals surface area contributed by atoms with Gasteiger partial charge in [-0.2, -0.15) is 0 Å². The van der Waals surface area contributed by atoms with Crippen LogP contribution in [0, 0.1) is 17.0 Å². The third-order valence-corrected chi connectivity index (χ3v) is 5.58. The fourth-order valence-corrected chi connectivity index (χ4v) is 3.70. The van der Waals surface area contributed by atoms with E-state index in [0.717, 1.165) is 23.2 Å². The van der Waals surface area contributed by atoms with E-state index in [1.807, 2.05) is 29.2 Å². The summed E-state index contributed by atoms with van der Waals surface area (Å²) < 4.78 is 0. The Balaban J connectivity index is 1.44. The molecule has 0 unspecified atom stereocenters. The van der Waals surface area contributed by atoms with Crippen molar-refractivity contribution in [3.63, 3.8) is 0 Å². The zero-order valence-corrected chi connectivity index (χ0v) is 18.5. The summed E-state index contributed by atoms with van der Waals surface area (Å²) in [5, 5.41) is 16.7. The molecule has 2 amide bonds. The molecule has 32 heavy (non-hydrogen) atoms. The topological polar surface area (TPSA) is 108 Å². The Kier molecular flexibility index (Phi) is 7.91. The minimum Gasteiger partial charge on any atom is -0.325 e. The number of nitro benzene ring substituents is 1. The van der Waals surface area contributed by atoms with Crippen molar-refractivity contribution in [1.82, 2.24) is 9.80 Å². The van der Waals surface area contributed by atoms with Crippen molar-refractivity contribution in [3.8, 4) is 0 Å². The maximum absolute atomic E-state index is 12.4. The highest BCUT2D eigenvalue weighted by atomic mass is 16.6. The molecule has 9 heteroatoms. The number of hydrogen-bond donors (Lipinski definition) is 2. The fourth-order valence-electron chi connectivity index (χ4n) is 3.70. The summed E-state index contributed by atoms with van der Waals surface area (Å²) >= 11 is 0. The van der Waals surface area contributed by atoms with Gasteiger partial charge in [0, 0.05) is 44.0 Å². The highest BCUT2D eigenvalue weighted by molar-refractivity contribution is 5.94. The number of non-ortho nitro benzene ring substituents is 1. The van der Waals surface area contributed by atoms with Crippen LogP contribution in [0.1, 0.15) is 18.1 Å². The molecule has 2 aromatic carbocycles. The quantitative estimate of drug-likeness (QED) is 0.484. The van der Waals surface area contributed by atoms with E-state index in [1.165, 1.54) is 12.1 Å². The van der Waals surface area contributed by atoms with Crippen molar-refractivity contribution >= 4 is 28.9 Å². The average molecular weight is 440 g/mol. The van der Waals surface area contributed by atoms with E-state index >= 15 is 0 Å². The molecule has 2 aromatic rings. The summed E-state index contributed by atoms with van der Waals surface area (Å²) in [4.78, 5) is 39.4. The number of benzene rings is 2. The maximum atomic E-state index is 12.4. The van der Waals surface area contributed by atoms with Crippen LogP contribution in [0.4, 0.5) is 17.1 Å². The lowest BCUT2D eigenvalue weighted by Gasteiger charge is -2.33. The average Bonchev–Trinajstić information content (AvgIpc) is 2.76. The fraction of sp³-hybridized carbons (Fsp3) is 0.391. The van der Waals surface area contributed by atoms with Gasteiger partial charge in [-0.05, 0) is 30.5 Å². The van der Waals surface area contributed by atoms with E-state index < -0.39 is 4.92 Å². The molecule has 3 rings (SSSR count). The smallest absolute Gasteiger partial charge is 0.271 e. The maximum Gasteiger partial charge on any atom is 0.271 e. The van der Waals surface area contributed by atoms with Crippen LogP contribution in [-0.4, -0.2) is 65.8 Å². The van der Waals surface area contributed by atoms with Crippen LogP contribution in [0.5, 0.6) is 0 Å². The first-order valence-corrected chi connectivity index (χ1v) is 10.7. The van der Waals surface area contributed by atoms with Crippen LogP contribution < -0.4 is 10.6 Å². The molecule has 1 aliphatic rings. The van der Waals surface area contributed by atoms with E-state index in [0.29, 0.717) is 38.4 Å². The third kappa shape index (κ3) is 6.35. The molecule has 0 spiro atoms. The molecule has 0 aliphatic carbocycles. The molecule has 2 N–H and O–H groups in total. The predicted molar refractivity (Wildman–Crippen MR) is 124 cm³/mol. The molecule has 0 atom stereocenters. The van der Waals surface area contributed by atoms with Crippen LogP contribution in [0.25, 0.3) is 0 Å². The van der Waals surface area contributed by atoms with Crippen LogP contribution in [-0.2, 0) is 16.0 Å². The number of piperazine rings is 1. The van der Waals surface area contributed by atoms with Gasteiger partial charge in [-0.25, -0.2) is 0 Å². The van der Waals surface area contributed by atoms with E-state index in [2.05, 4.69) is 22.5 Å². The molecular weight excluding hydrogens is 410 g/mol. The first-order chi connectivity index (χ1) is 15.4. The van der Waals surface area contributed by atoms with Gasteiger partial charge in [-0.3, -0.25) is 29.5 Å². The Labute approximate surface area is 187 Å². The number of nitro groups is 1. The Morgan fingerprint density at radius 1 is 0.938 bits per heavy atom. The highest BCUT2D eigenvalue weighted by Gasteiger charge is 2.21. The van der Waals surface area contributed by atoms with Crippen LogP contribution in [0.2, 0.25) is 0 Å². The van der Waals surface area contributed by atoms with Crippen molar-refractivity contribution in [1.29, 1.82) is 0 Å². The van der Waals surface area contributed by atoms with Gasteiger partial charge in [-0.1, -0.05) is 31.2 Å². The van der Waals surface area contributed by atoms with Gasteiger partial charge in [0.05, 0.1) is 23.7 Å². The molecule has 170 valence electrons. The Morgan fingerprint density at radius 2 is 1.50 bits per heavy atom.